The Labute approximate surface area is 90.6 Å². The minimum atomic E-state index is 0.758. The highest BCUT2D eigenvalue weighted by Gasteiger charge is 2.20. The van der Waals surface area contributed by atoms with Gasteiger partial charge in [0.1, 0.15) is 0 Å². The molecule has 0 spiro atoms. The third kappa shape index (κ3) is 4.18. The summed E-state index contributed by atoms with van der Waals surface area (Å²) in [4.78, 5) is 0.758. The molecule has 1 heteroatoms. The van der Waals surface area contributed by atoms with Gasteiger partial charge in [0.05, 0.1) is 0 Å². The quantitative estimate of drug-likeness (QED) is 0.388. The lowest BCUT2D eigenvalue weighted by Gasteiger charge is -2.18. The van der Waals surface area contributed by atoms with Crippen LogP contribution < -0.4 is 0 Å². The molecule has 2 unspecified atom stereocenters. The summed E-state index contributed by atoms with van der Waals surface area (Å²) in [7, 11) is 0. The fourth-order valence-corrected chi connectivity index (χ4v) is 2.90. The smallest absolute Gasteiger partial charge is 0.0174 e. The van der Waals surface area contributed by atoms with Gasteiger partial charge >= 0.3 is 0 Å². The number of hydrogen-bond acceptors (Lipinski definition) is 0. The maximum absolute atomic E-state index is 3.81. The zero-order chi connectivity index (χ0) is 9.52. The summed E-state index contributed by atoms with van der Waals surface area (Å²) in [5.74, 6) is 7.02. The molecular formula is C12H19Br. The Balaban J connectivity index is 2.30. The van der Waals surface area contributed by atoms with E-state index in [4.69, 9.17) is 0 Å². The molecule has 2 atom stereocenters. The molecule has 0 nitrogen and oxygen atoms in total. The lowest BCUT2D eigenvalue weighted by Crippen LogP contribution is -2.12. The first-order valence-corrected chi connectivity index (χ1v) is 6.30. The van der Waals surface area contributed by atoms with Crippen LogP contribution in [0.5, 0.6) is 0 Å². The monoisotopic (exact) mass is 242 g/mol. The first kappa shape index (κ1) is 11.1. The Morgan fingerprint density at radius 2 is 2.00 bits per heavy atom. The van der Waals surface area contributed by atoms with Crippen molar-refractivity contribution in [2.45, 2.75) is 56.7 Å². The maximum Gasteiger partial charge on any atom is 0.0174 e. The number of rotatable bonds is 2. The summed E-state index contributed by atoms with van der Waals surface area (Å²) in [5.41, 5.74) is 0. The summed E-state index contributed by atoms with van der Waals surface area (Å²) in [5, 5.41) is 0. The molecule has 0 amide bonds. The van der Waals surface area contributed by atoms with Crippen molar-refractivity contribution in [3.8, 4) is 11.8 Å². The normalized spacial score (nSPS) is 28.8. The van der Waals surface area contributed by atoms with Crippen molar-refractivity contribution >= 4 is 15.9 Å². The van der Waals surface area contributed by atoms with Crippen molar-refractivity contribution in [3.05, 3.63) is 0 Å². The highest BCUT2D eigenvalue weighted by Crippen LogP contribution is 2.31. The van der Waals surface area contributed by atoms with Crippen LogP contribution in [0.4, 0.5) is 0 Å². The molecule has 0 heterocycles. The summed E-state index contributed by atoms with van der Waals surface area (Å²) in [6.07, 6.45) is 9.40. The van der Waals surface area contributed by atoms with Crippen molar-refractivity contribution in [3.63, 3.8) is 0 Å². The van der Waals surface area contributed by atoms with E-state index < -0.39 is 0 Å². The minimum absolute atomic E-state index is 0.758. The third-order valence-electron chi connectivity index (χ3n) is 2.88. The van der Waals surface area contributed by atoms with E-state index in [2.05, 4.69) is 27.8 Å². The second-order valence-electron chi connectivity index (χ2n) is 3.88. The van der Waals surface area contributed by atoms with Gasteiger partial charge in [0.25, 0.3) is 0 Å². The molecular weight excluding hydrogens is 224 g/mol. The zero-order valence-electron chi connectivity index (χ0n) is 8.48. The first-order valence-electron chi connectivity index (χ1n) is 5.38. The van der Waals surface area contributed by atoms with E-state index in [9.17, 15) is 0 Å². The second-order valence-corrected chi connectivity index (χ2v) is 5.06. The van der Waals surface area contributed by atoms with Gasteiger partial charge in [-0.25, -0.2) is 0 Å². The molecule has 0 aromatic heterocycles. The van der Waals surface area contributed by atoms with Gasteiger partial charge in [0.15, 0.2) is 0 Å². The fraction of sp³-hybridized carbons (Fsp3) is 0.833. The lowest BCUT2D eigenvalue weighted by molar-refractivity contribution is 0.450. The molecule has 13 heavy (non-hydrogen) atoms. The summed E-state index contributed by atoms with van der Waals surface area (Å²) >= 11 is 3.81. The summed E-state index contributed by atoms with van der Waals surface area (Å²) in [6.45, 7) is 1.93. The van der Waals surface area contributed by atoms with Crippen LogP contribution in [-0.4, -0.2) is 4.83 Å². The fourth-order valence-electron chi connectivity index (χ4n) is 2.05. The predicted octanol–water partition coefficient (Wildman–Crippen LogP) is 4.13. The molecule has 1 aliphatic rings. The van der Waals surface area contributed by atoms with Crippen LogP contribution in [0, 0.1) is 17.8 Å². The Morgan fingerprint density at radius 1 is 1.23 bits per heavy atom. The van der Waals surface area contributed by atoms with Crippen LogP contribution in [0.2, 0.25) is 0 Å². The molecule has 0 aromatic carbocycles. The third-order valence-corrected chi connectivity index (χ3v) is 4.09. The molecule has 0 aromatic rings. The molecule has 1 fully saturated rings. The minimum Gasteiger partial charge on any atom is -0.107 e. The average Bonchev–Trinajstić information content (AvgIpc) is 2.32. The molecule has 0 aliphatic heterocycles. The average molecular weight is 243 g/mol. The van der Waals surface area contributed by atoms with E-state index in [1.165, 1.54) is 38.5 Å². The zero-order valence-corrected chi connectivity index (χ0v) is 10.1. The Morgan fingerprint density at radius 3 is 2.77 bits per heavy atom. The molecule has 1 saturated carbocycles. The lowest BCUT2D eigenvalue weighted by atomic mass is 9.95. The molecule has 0 N–H and O–H groups in total. The second kappa shape index (κ2) is 6.49. The van der Waals surface area contributed by atoms with Gasteiger partial charge in [-0.1, -0.05) is 35.2 Å². The Kier molecular flexibility index (Phi) is 5.55. The Hall–Kier alpha value is 0.0400. The van der Waals surface area contributed by atoms with Gasteiger partial charge in [-0.15, -0.1) is 11.8 Å². The SMILES string of the molecule is CC#CCCC1CCCCCC1Br. The van der Waals surface area contributed by atoms with E-state index in [1.807, 2.05) is 6.92 Å². The van der Waals surface area contributed by atoms with Crippen molar-refractivity contribution in [2.24, 2.45) is 5.92 Å². The first-order chi connectivity index (χ1) is 6.34. The largest absolute Gasteiger partial charge is 0.107 e. The van der Waals surface area contributed by atoms with Gasteiger partial charge in [0, 0.05) is 11.2 Å². The van der Waals surface area contributed by atoms with Crippen LogP contribution in [0.15, 0.2) is 0 Å². The van der Waals surface area contributed by atoms with Gasteiger partial charge in [-0.2, -0.15) is 0 Å². The predicted molar refractivity (Wildman–Crippen MR) is 62.0 cm³/mol. The standard InChI is InChI=1S/C12H19Br/c1-2-3-5-8-11-9-6-4-7-10-12(11)13/h11-12H,4-10H2,1H3. The van der Waals surface area contributed by atoms with Crippen LogP contribution in [0.25, 0.3) is 0 Å². The van der Waals surface area contributed by atoms with Gasteiger partial charge < -0.3 is 0 Å². The van der Waals surface area contributed by atoms with Crippen LogP contribution in [0.1, 0.15) is 51.9 Å². The highest BCUT2D eigenvalue weighted by atomic mass is 79.9. The molecule has 0 radical (unpaired) electrons. The summed E-state index contributed by atoms with van der Waals surface area (Å²) in [6, 6.07) is 0. The van der Waals surface area contributed by atoms with E-state index in [-0.39, 0.29) is 0 Å². The van der Waals surface area contributed by atoms with Crippen molar-refractivity contribution in [1.82, 2.24) is 0 Å². The van der Waals surface area contributed by atoms with Gasteiger partial charge in [-0.05, 0) is 32.1 Å². The maximum atomic E-state index is 3.81. The van der Waals surface area contributed by atoms with Gasteiger partial charge in [-0.3, -0.25) is 0 Å². The van der Waals surface area contributed by atoms with Crippen LogP contribution in [0.3, 0.4) is 0 Å². The van der Waals surface area contributed by atoms with Crippen molar-refractivity contribution in [1.29, 1.82) is 0 Å². The van der Waals surface area contributed by atoms with E-state index in [1.54, 1.807) is 0 Å². The number of halogens is 1. The molecule has 0 saturated heterocycles. The summed E-state index contributed by atoms with van der Waals surface area (Å²) < 4.78 is 0. The molecule has 1 rings (SSSR count). The van der Waals surface area contributed by atoms with Crippen molar-refractivity contribution in [2.75, 3.05) is 0 Å². The van der Waals surface area contributed by atoms with E-state index >= 15 is 0 Å². The molecule has 74 valence electrons. The topological polar surface area (TPSA) is 0 Å². The van der Waals surface area contributed by atoms with Crippen LogP contribution in [-0.2, 0) is 0 Å². The van der Waals surface area contributed by atoms with Gasteiger partial charge in [0.2, 0.25) is 0 Å². The van der Waals surface area contributed by atoms with E-state index in [0.29, 0.717) is 0 Å². The van der Waals surface area contributed by atoms with Crippen LogP contribution >= 0.6 is 15.9 Å². The molecule has 0 bridgehead atoms. The highest BCUT2D eigenvalue weighted by molar-refractivity contribution is 9.09. The Bertz CT molecular complexity index is 187. The molecule has 1 aliphatic carbocycles. The number of hydrogen-bond donors (Lipinski definition) is 0. The van der Waals surface area contributed by atoms with E-state index in [0.717, 1.165) is 17.2 Å². The van der Waals surface area contributed by atoms with Crippen molar-refractivity contribution < 1.29 is 0 Å². The number of alkyl halides is 1.